The first-order valence-corrected chi connectivity index (χ1v) is 5.02. The molecular formula is C10H10ClF2N3. The highest BCUT2D eigenvalue weighted by molar-refractivity contribution is 6.30. The van der Waals surface area contributed by atoms with Crippen LogP contribution in [0.25, 0.3) is 0 Å². The fourth-order valence-electron chi connectivity index (χ4n) is 1.46. The smallest absolute Gasteiger partial charge is 0.280 e. The van der Waals surface area contributed by atoms with Gasteiger partial charge in [0.15, 0.2) is 0 Å². The van der Waals surface area contributed by atoms with Crippen LogP contribution >= 0.6 is 11.6 Å². The molecule has 16 heavy (non-hydrogen) atoms. The van der Waals surface area contributed by atoms with E-state index in [1.165, 1.54) is 11.2 Å². The standard InChI is InChI=1S/C10H10ClF2N3/c1-6-4-7(11)2-3-9(6)16-5-8(10(12)13)14-15-16/h2-5,10,14-15H,1H3. The third kappa shape index (κ3) is 2.10. The average molecular weight is 246 g/mol. The second kappa shape index (κ2) is 4.27. The van der Waals surface area contributed by atoms with E-state index < -0.39 is 6.43 Å². The Morgan fingerprint density at radius 3 is 2.69 bits per heavy atom. The minimum Gasteiger partial charge on any atom is -0.301 e. The predicted molar refractivity (Wildman–Crippen MR) is 59.0 cm³/mol. The van der Waals surface area contributed by atoms with Crippen LogP contribution in [-0.4, -0.2) is 6.43 Å². The third-order valence-corrected chi connectivity index (χ3v) is 2.48. The van der Waals surface area contributed by atoms with Gasteiger partial charge in [0.05, 0.1) is 5.69 Å². The molecule has 0 aromatic heterocycles. The van der Waals surface area contributed by atoms with Crippen molar-refractivity contribution in [3.8, 4) is 0 Å². The number of allylic oxidation sites excluding steroid dienone is 1. The number of nitrogens with zero attached hydrogens (tertiary/aromatic N) is 1. The maximum atomic E-state index is 12.4. The zero-order valence-electron chi connectivity index (χ0n) is 8.47. The molecule has 1 aliphatic rings. The molecule has 0 fully saturated rings. The fourth-order valence-corrected chi connectivity index (χ4v) is 1.68. The molecule has 2 rings (SSSR count). The molecule has 0 amide bonds. The van der Waals surface area contributed by atoms with E-state index in [4.69, 9.17) is 11.6 Å². The zero-order chi connectivity index (χ0) is 11.7. The normalized spacial score (nSPS) is 15.3. The second-order valence-corrected chi connectivity index (χ2v) is 3.86. The Labute approximate surface area is 96.6 Å². The van der Waals surface area contributed by atoms with Crippen LogP contribution in [0, 0.1) is 6.92 Å². The van der Waals surface area contributed by atoms with Crippen molar-refractivity contribution in [2.45, 2.75) is 13.3 Å². The Bertz CT molecular complexity index is 434. The van der Waals surface area contributed by atoms with E-state index in [0.717, 1.165) is 11.3 Å². The van der Waals surface area contributed by atoms with Gasteiger partial charge in [0.25, 0.3) is 6.43 Å². The summed E-state index contributed by atoms with van der Waals surface area (Å²) in [5.74, 6) is 0. The van der Waals surface area contributed by atoms with Gasteiger partial charge in [-0.05, 0) is 30.7 Å². The van der Waals surface area contributed by atoms with Crippen LogP contribution in [0.4, 0.5) is 14.5 Å². The van der Waals surface area contributed by atoms with Crippen molar-refractivity contribution >= 4 is 17.3 Å². The van der Waals surface area contributed by atoms with Crippen molar-refractivity contribution in [1.29, 1.82) is 0 Å². The summed E-state index contributed by atoms with van der Waals surface area (Å²) in [4.78, 5) is 0. The van der Waals surface area contributed by atoms with Crippen molar-refractivity contribution in [1.82, 2.24) is 11.0 Å². The van der Waals surface area contributed by atoms with Crippen LogP contribution in [0.3, 0.4) is 0 Å². The molecule has 0 saturated heterocycles. The molecule has 86 valence electrons. The molecular weight excluding hydrogens is 236 g/mol. The van der Waals surface area contributed by atoms with Gasteiger partial charge in [-0.25, -0.2) is 8.78 Å². The first-order chi connectivity index (χ1) is 7.58. The van der Waals surface area contributed by atoms with E-state index in [1.54, 1.807) is 18.2 Å². The van der Waals surface area contributed by atoms with Gasteiger partial charge >= 0.3 is 0 Å². The lowest BCUT2D eigenvalue weighted by Gasteiger charge is -2.17. The first-order valence-electron chi connectivity index (χ1n) is 4.65. The molecule has 0 bridgehead atoms. The highest BCUT2D eigenvalue weighted by Gasteiger charge is 2.20. The molecule has 0 spiro atoms. The van der Waals surface area contributed by atoms with Crippen molar-refractivity contribution < 1.29 is 8.78 Å². The Balaban J connectivity index is 2.26. The van der Waals surface area contributed by atoms with Crippen molar-refractivity contribution in [2.24, 2.45) is 0 Å². The number of rotatable bonds is 2. The molecule has 1 aromatic rings. The number of nitrogens with one attached hydrogen (secondary N) is 2. The summed E-state index contributed by atoms with van der Waals surface area (Å²) in [6, 6.07) is 5.24. The monoisotopic (exact) mass is 245 g/mol. The highest BCUT2D eigenvalue weighted by atomic mass is 35.5. The van der Waals surface area contributed by atoms with Crippen LogP contribution in [-0.2, 0) is 0 Å². The number of benzene rings is 1. The summed E-state index contributed by atoms with van der Waals surface area (Å²) < 4.78 is 24.8. The van der Waals surface area contributed by atoms with Crippen molar-refractivity contribution in [2.75, 3.05) is 5.01 Å². The molecule has 0 radical (unpaired) electrons. The number of halogens is 3. The van der Waals surface area contributed by atoms with Gasteiger partial charge in [-0.1, -0.05) is 11.6 Å². The summed E-state index contributed by atoms with van der Waals surface area (Å²) in [6.07, 6.45) is -1.20. The lowest BCUT2D eigenvalue weighted by molar-refractivity contribution is 0.180. The largest absolute Gasteiger partial charge is 0.301 e. The van der Waals surface area contributed by atoms with Crippen LogP contribution in [0.1, 0.15) is 5.56 Å². The Kier molecular flexibility index (Phi) is 2.98. The molecule has 1 aromatic carbocycles. The number of anilines is 1. The van der Waals surface area contributed by atoms with E-state index in [0.29, 0.717) is 5.02 Å². The number of hydrogen-bond donors (Lipinski definition) is 2. The molecule has 0 saturated carbocycles. The maximum Gasteiger partial charge on any atom is 0.280 e. The molecule has 0 aliphatic carbocycles. The van der Waals surface area contributed by atoms with E-state index in [9.17, 15) is 8.78 Å². The molecule has 6 heteroatoms. The number of alkyl halides is 2. The molecule has 0 unspecified atom stereocenters. The van der Waals surface area contributed by atoms with E-state index >= 15 is 0 Å². The molecule has 0 atom stereocenters. The lowest BCUT2D eigenvalue weighted by atomic mass is 10.2. The number of aryl methyl sites for hydroxylation is 1. The maximum absolute atomic E-state index is 12.4. The van der Waals surface area contributed by atoms with E-state index in [2.05, 4.69) is 11.0 Å². The highest BCUT2D eigenvalue weighted by Crippen LogP contribution is 2.24. The van der Waals surface area contributed by atoms with Crippen molar-refractivity contribution in [3.63, 3.8) is 0 Å². The van der Waals surface area contributed by atoms with Gasteiger partial charge in [0.2, 0.25) is 0 Å². The predicted octanol–water partition coefficient (Wildman–Crippen LogP) is 2.58. The van der Waals surface area contributed by atoms with Gasteiger partial charge in [-0.3, -0.25) is 5.01 Å². The first kappa shape index (κ1) is 11.2. The van der Waals surface area contributed by atoms with Crippen LogP contribution in [0.5, 0.6) is 0 Å². The summed E-state index contributed by atoms with van der Waals surface area (Å²) in [7, 11) is 0. The van der Waals surface area contributed by atoms with Gasteiger partial charge in [-0.15, -0.1) is 5.53 Å². The zero-order valence-corrected chi connectivity index (χ0v) is 9.22. The quantitative estimate of drug-likeness (QED) is 0.839. The van der Waals surface area contributed by atoms with Crippen molar-refractivity contribution in [3.05, 3.63) is 40.7 Å². The topological polar surface area (TPSA) is 27.3 Å². The summed E-state index contributed by atoms with van der Waals surface area (Å²) in [5, 5.41) is 2.11. The Hall–Kier alpha value is -1.33. The minimum absolute atomic E-state index is 0.158. The molecule has 3 nitrogen and oxygen atoms in total. The summed E-state index contributed by atoms with van der Waals surface area (Å²) in [5.41, 5.74) is 6.54. The van der Waals surface area contributed by atoms with E-state index in [1.807, 2.05) is 6.92 Å². The Morgan fingerprint density at radius 1 is 1.38 bits per heavy atom. The molecule has 2 N–H and O–H groups in total. The average Bonchev–Trinajstić information content (AvgIpc) is 2.66. The molecule has 1 aliphatic heterocycles. The summed E-state index contributed by atoms with van der Waals surface area (Å²) >= 11 is 5.81. The number of hydrogen-bond acceptors (Lipinski definition) is 3. The van der Waals surface area contributed by atoms with Gasteiger partial charge in [0.1, 0.15) is 5.70 Å². The summed E-state index contributed by atoms with van der Waals surface area (Å²) in [6.45, 7) is 1.86. The van der Waals surface area contributed by atoms with Gasteiger partial charge < -0.3 is 5.43 Å². The Morgan fingerprint density at radius 2 is 2.12 bits per heavy atom. The van der Waals surface area contributed by atoms with Crippen LogP contribution < -0.4 is 16.0 Å². The van der Waals surface area contributed by atoms with E-state index in [-0.39, 0.29) is 5.70 Å². The van der Waals surface area contributed by atoms with Crippen LogP contribution in [0.2, 0.25) is 5.02 Å². The molecule has 1 heterocycles. The lowest BCUT2D eigenvalue weighted by Crippen LogP contribution is -2.37. The second-order valence-electron chi connectivity index (χ2n) is 3.42. The SMILES string of the molecule is Cc1cc(Cl)ccc1N1C=C(C(F)F)NN1. The van der Waals surface area contributed by atoms with Crippen LogP contribution in [0.15, 0.2) is 30.1 Å². The fraction of sp³-hybridized carbons (Fsp3) is 0.200. The van der Waals surface area contributed by atoms with Gasteiger partial charge in [-0.2, -0.15) is 0 Å². The minimum atomic E-state index is -2.52. The van der Waals surface area contributed by atoms with Gasteiger partial charge in [0, 0.05) is 11.2 Å². The third-order valence-electron chi connectivity index (χ3n) is 2.24. The number of hydrazine groups is 2.